The van der Waals surface area contributed by atoms with Gasteiger partial charge in [-0.2, -0.15) is 0 Å². The smallest absolute Gasteiger partial charge is 0.344 e. The number of carbonyl (C=O) groups is 2. The van der Waals surface area contributed by atoms with Crippen LogP contribution in [0.3, 0.4) is 0 Å². The molecule has 1 unspecified atom stereocenters. The fourth-order valence-corrected chi connectivity index (χ4v) is 0.387. The van der Waals surface area contributed by atoms with Crippen LogP contribution in [0.2, 0.25) is 0 Å². The molecular formula is C6H11NO5. The molecule has 0 amide bonds. The van der Waals surface area contributed by atoms with Crippen molar-refractivity contribution in [3.05, 3.63) is 0 Å². The number of nitrogens with two attached hydrogens (primary N) is 1. The molecule has 0 aromatic rings. The maximum Gasteiger partial charge on any atom is 0.344 e. The lowest BCUT2D eigenvalue weighted by atomic mass is 10.3. The first-order valence-corrected chi connectivity index (χ1v) is 3.28. The van der Waals surface area contributed by atoms with Crippen molar-refractivity contribution < 1.29 is 24.5 Å². The Labute approximate surface area is 68.9 Å². The van der Waals surface area contributed by atoms with Crippen molar-refractivity contribution in [1.29, 1.82) is 0 Å². The third kappa shape index (κ3) is 3.31. The van der Waals surface area contributed by atoms with E-state index in [0.717, 1.165) is 0 Å². The molecule has 0 aliphatic heterocycles. The Morgan fingerprint density at radius 1 is 1.58 bits per heavy atom. The van der Waals surface area contributed by atoms with Gasteiger partial charge in [-0.25, -0.2) is 4.79 Å². The molecule has 0 saturated carbocycles. The zero-order chi connectivity index (χ0) is 9.72. The minimum Gasteiger partial charge on any atom is -0.479 e. The third-order valence-corrected chi connectivity index (χ3v) is 1.14. The summed E-state index contributed by atoms with van der Waals surface area (Å²) in [6.07, 6.45) is -1.24. The zero-order valence-corrected chi connectivity index (χ0v) is 6.56. The number of carboxylic acid groups (broad SMARTS) is 1. The highest BCUT2D eigenvalue weighted by molar-refractivity contribution is 5.80. The zero-order valence-electron chi connectivity index (χ0n) is 6.56. The maximum atomic E-state index is 10.7. The van der Waals surface area contributed by atoms with Gasteiger partial charge in [0, 0.05) is 0 Å². The summed E-state index contributed by atoms with van der Waals surface area (Å²) < 4.78 is 4.34. The Bertz CT molecular complexity index is 181. The molecule has 0 aromatic carbocycles. The Balaban J connectivity index is 3.92. The second-order valence-corrected chi connectivity index (χ2v) is 2.21. The van der Waals surface area contributed by atoms with E-state index in [4.69, 9.17) is 15.9 Å². The van der Waals surface area contributed by atoms with Gasteiger partial charge in [-0.3, -0.25) is 4.79 Å². The fourth-order valence-electron chi connectivity index (χ4n) is 0.387. The number of hydrogen-bond donors (Lipinski definition) is 3. The second kappa shape index (κ2) is 4.68. The molecule has 2 atom stereocenters. The molecule has 0 bridgehead atoms. The van der Waals surface area contributed by atoms with Crippen molar-refractivity contribution in [3.8, 4) is 0 Å². The fraction of sp³-hybridized carbons (Fsp3) is 0.667. The van der Waals surface area contributed by atoms with Gasteiger partial charge in [0.1, 0.15) is 6.04 Å². The average Bonchev–Trinajstić information content (AvgIpc) is 2.02. The van der Waals surface area contributed by atoms with Crippen molar-refractivity contribution in [2.45, 2.75) is 19.1 Å². The Kier molecular flexibility index (Phi) is 4.24. The van der Waals surface area contributed by atoms with Crippen LogP contribution in [-0.2, 0) is 14.3 Å². The van der Waals surface area contributed by atoms with Crippen molar-refractivity contribution in [2.24, 2.45) is 5.73 Å². The van der Waals surface area contributed by atoms with E-state index < -0.39 is 30.7 Å². The molecule has 0 aliphatic rings. The van der Waals surface area contributed by atoms with Gasteiger partial charge in [-0.05, 0) is 6.92 Å². The highest BCUT2D eigenvalue weighted by atomic mass is 16.6. The third-order valence-electron chi connectivity index (χ3n) is 1.14. The van der Waals surface area contributed by atoms with Crippen molar-refractivity contribution in [2.75, 3.05) is 6.61 Å². The summed E-state index contributed by atoms with van der Waals surface area (Å²) in [7, 11) is 0. The minimum absolute atomic E-state index is 0.564. The second-order valence-electron chi connectivity index (χ2n) is 2.21. The van der Waals surface area contributed by atoms with E-state index >= 15 is 0 Å². The van der Waals surface area contributed by atoms with Gasteiger partial charge in [0.25, 0.3) is 0 Å². The normalized spacial score (nSPS) is 14.9. The molecule has 0 spiro atoms. The predicted octanol–water partition coefficient (Wildman–Crippen LogP) is -1.68. The number of esters is 1. The van der Waals surface area contributed by atoms with Crippen LogP contribution in [0.25, 0.3) is 0 Å². The van der Waals surface area contributed by atoms with Crippen LogP contribution >= 0.6 is 0 Å². The summed E-state index contributed by atoms with van der Waals surface area (Å²) in [5.41, 5.74) is 5.05. The van der Waals surface area contributed by atoms with Crippen LogP contribution in [0, 0.1) is 0 Å². The monoisotopic (exact) mass is 177 g/mol. The number of ether oxygens (including phenoxy) is 1. The van der Waals surface area contributed by atoms with Crippen molar-refractivity contribution >= 4 is 11.9 Å². The van der Waals surface area contributed by atoms with Gasteiger partial charge in [0.2, 0.25) is 0 Å². The average molecular weight is 177 g/mol. The van der Waals surface area contributed by atoms with Crippen LogP contribution < -0.4 is 5.73 Å². The summed E-state index contributed by atoms with van der Waals surface area (Å²) in [6.45, 7) is 0.634. The molecule has 0 fully saturated rings. The van der Waals surface area contributed by atoms with Gasteiger partial charge >= 0.3 is 11.9 Å². The SMILES string of the molecule is CC(OC(=O)[C@H](N)CO)C(=O)O. The highest BCUT2D eigenvalue weighted by Crippen LogP contribution is 1.93. The van der Waals surface area contributed by atoms with Crippen LogP contribution in [0.4, 0.5) is 0 Å². The van der Waals surface area contributed by atoms with Crippen LogP contribution in [0.15, 0.2) is 0 Å². The number of hydrogen-bond acceptors (Lipinski definition) is 5. The molecule has 6 nitrogen and oxygen atoms in total. The van der Waals surface area contributed by atoms with Gasteiger partial charge in [0.15, 0.2) is 6.10 Å². The molecule has 0 heterocycles. The van der Waals surface area contributed by atoms with Gasteiger partial charge in [-0.15, -0.1) is 0 Å². The van der Waals surface area contributed by atoms with Crippen LogP contribution in [0.1, 0.15) is 6.92 Å². The number of carboxylic acids is 1. The molecule has 6 heteroatoms. The number of rotatable bonds is 4. The Morgan fingerprint density at radius 3 is 2.42 bits per heavy atom. The first-order valence-electron chi connectivity index (χ1n) is 3.28. The summed E-state index contributed by atoms with van der Waals surface area (Å²) in [5.74, 6) is -2.18. The minimum atomic E-state index is -1.26. The lowest BCUT2D eigenvalue weighted by Crippen LogP contribution is -2.38. The maximum absolute atomic E-state index is 10.7. The van der Waals surface area contributed by atoms with Gasteiger partial charge in [-0.1, -0.05) is 0 Å². The lowest BCUT2D eigenvalue weighted by Gasteiger charge is -2.11. The van der Waals surface area contributed by atoms with Gasteiger partial charge < -0.3 is 20.7 Å². The summed E-state index contributed by atoms with van der Waals surface area (Å²) in [5, 5.41) is 16.7. The summed E-state index contributed by atoms with van der Waals surface area (Å²) in [6, 6.07) is -1.17. The molecule has 0 radical (unpaired) electrons. The van der Waals surface area contributed by atoms with E-state index in [1.165, 1.54) is 6.92 Å². The Hall–Kier alpha value is -1.14. The number of aliphatic hydroxyl groups is 1. The standard InChI is InChI=1S/C6H11NO5/c1-3(5(9)10)12-6(11)4(7)2-8/h3-4,8H,2,7H2,1H3,(H,9,10)/t3?,4-/m1/s1. The van der Waals surface area contributed by atoms with E-state index in [1.54, 1.807) is 0 Å². The number of aliphatic carboxylic acids is 1. The number of aliphatic hydroxyl groups excluding tert-OH is 1. The molecule has 0 rings (SSSR count). The van der Waals surface area contributed by atoms with Crippen molar-refractivity contribution in [3.63, 3.8) is 0 Å². The molecule has 12 heavy (non-hydrogen) atoms. The van der Waals surface area contributed by atoms with Crippen molar-refractivity contribution in [1.82, 2.24) is 0 Å². The van der Waals surface area contributed by atoms with Gasteiger partial charge in [0.05, 0.1) is 6.61 Å². The van der Waals surface area contributed by atoms with E-state index in [1.807, 2.05) is 0 Å². The molecular weight excluding hydrogens is 166 g/mol. The Morgan fingerprint density at radius 2 is 2.08 bits per heavy atom. The predicted molar refractivity (Wildman–Crippen MR) is 38.3 cm³/mol. The molecule has 0 aliphatic carbocycles. The molecule has 0 aromatic heterocycles. The van der Waals surface area contributed by atoms with E-state index in [-0.39, 0.29) is 0 Å². The highest BCUT2D eigenvalue weighted by Gasteiger charge is 2.20. The summed E-state index contributed by atoms with van der Waals surface area (Å²) in [4.78, 5) is 20.9. The largest absolute Gasteiger partial charge is 0.479 e. The number of carbonyl (C=O) groups excluding carboxylic acids is 1. The van der Waals surface area contributed by atoms with Crippen LogP contribution in [0.5, 0.6) is 0 Å². The van der Waals surface area contributed by atoms with Crippen LogP contribution in [-0.4, -0.2) is 40.9 Å². The lowest BCUT2D eigenvalue weighted by molar-refractivity contribution is -0.164. The first kappa shape index (κ1) is 10.9. The van der Waals surface area contributed by atoms with E-state index in [9.17, 15) is 9.59 Å². The topological polar surface area (TPSA) is 110 Å². The summed E-state index contributed by atoms with van der Waals surface area (Å²) >= 11 is 0. The molecule has 70 valence electrons. The first-order chi connectivity index (χ1) is 5.49. The van der Waals surface area contributed by atoms with E-state index in [0.29, 0.717) is 0 Å². The molecule has 4 N–H and O–H groups in total. The van der Waals surface area contributed by atoms with E-state index in [2.05, 4.69) is 4.74 Å². The molecule has 0 saturated heterocycles. The quantitative estimate of drug-likeness (QED) is 0.442.